The predicted molar refractivity (Wildman–Crippen MR) is 128 cm³/mol. The first-order valence-corrected chi connectivity index (χ1v) is 11.2. The summed E-state index contributed by atoms with van der Waals surface area (Å²) in [6, 6.07) is 12.9. The van der Waals surface area contributed by atoms with Gasteiger partial charge in [0.05, 0.1) is 30.6 Å². The van der Waals surface area contributed by atoms with Crippen LogP contribution in [-0.4, -0.2) is 30.0 Å². The van der Waals surface area contributed by atoms with Crippen LogP contribution >= 0.6 is 0 Å². The molecule has 1 saturated heterocycles. The average molecular weight is 462 g/mol. The Bertz CT molecular complexity index is 1260. The maximum atomic E-state index is 13.3. The van der Waals surface area contributed by atoms with Crippen molar-refractivity contribution in [3.63, 3.8) is 0 Å². The van der Waals surface area contributed by atoms with Gasteiger partial charge in [0.1, 0.15) is 29.1 Å². The van der Waals surface area contributed by atoms with Crippen LogP contribution in [0.4, 0.5) is 5.69 Å². The predicted octanol–water partition coefficient (Wildman–Crippen LogP) is 5.32. The Hall–Kier alpha value is -4.00. The van der Waals surface area contributed by atoms with Crippen LogP contribution in [0.5, 0.6) is 11.5 Å². The van der Waals surface area contributed by atoms with Crippen LogP contribution in [-0.2, 0) is 9.59 Å². The van der Waals surface area contributed by atoms with E-state index >= 15 is 0 Å². The molecule has 7 heteroatoms. The number of nitrogens with zero attached hydrogens (tertiary/aromatic N) is 1. The van der Waals surface area contributed by atoms with Crippen LogP contribution < -0.4 is 14.4 Å². The number of benzene rings is 2. The van der Waals surface area contributed by atoms with Gasteiger partial charge in [0, 0.05) is 11.8 Å². The van der Waals surface area contributed by atoms with Gasteiger partial charge < -0.3 is 19.0 Å². The quantitative estimate of drug-likeness (QED) is 0.291. The molecule has 1 aromatic heterocycles. The first-order valence-electron chi connectivity index (χ1n) is 11.2. The topological polar surface area (TPSA) is 89.2 Å². The zero-order chi connectivity index (χ0) is 24.4. The highest BCUT2D eigenvalue weighted by molar-refractivity contribution is 6.51. The molecule has 1 aliphatic rings. The molecular weight excluding hydrogens is 434 g/mol. The van der Waals surface area contributed by atoms with Crippen molar-refractivity contribution < 1.29 is 28.6 Å². The number of carbonyl (C=O) groups excluding carboxylic acids is 2. The van der Waals surface area contributed by atoms with E-state index in [-0.39, 0.29) is 11.3 Å². The van der Waals surface area contributed by atoms with E-state index in [9.17, 15) is 14.7 Å². The molecular formula is C27H27NO6. The van der Waals surface area contributed by atoms with Gasteiger partial charge in [-0.2, -0.15) is 0 Å². The lowest BCUT2D eigenvalue weighted by Crippen LogP contribution is -2.29. The summed E-state index contributed by atoms with van der Waals surface area (Å²) in [5.74, 6) is -0.591. The number of hydrogen-bond acceptors (Lipinski definition) is 6. The standard InChI is InChI=1S/C27H27NO6/c1-5-32-19-11-12-20(22(15-19)33-6-2)25(29)23-24(21-8-7-13-34-21)28(27(31)26(23)30)18-10-9-16(3)17(4)14-18/h7-15,24,29H,5-6H2,1-4H3/b25-23-. The van der Waals surface area contributed by atoms with E-state index in [0.29, 0.717) is 41.7 Å². The van der Waals surface area contributed by atoms with Gasteiger partial charge in [-0.15, -0.1) is 0 Å². The second-order valence-corrected chi connectivity index (χ2v) is 7.98. The van der Waals surface area contributed by atoms with Crippen molar-refractivity contribution in [1.29, 1.82) is 0 Å². The van der Waals surface area contributed by atoms with Crippen molar-refractivity contribution in [3.8, 4) is 11.5 Å². The lowest BCUT2D eigenvalue weighted by atomic mass is 9.98. The van der Waals surface area contributed by atoms with Gasteiger partial charge in [-0.05, 0) is 75.2 Å². The smallest absolute Gasteiger partial charge is 0.300 e. The number of aliphatic hydroxyl groups excluding tert-OH is 1. The second-order valence-electron chi connectivity index (χ2n) is 7.98. The Balaban J connectivity index is 1.91. The monoisotopic (exact) mass is 461 g/mol. The number of furan rings is 1. The molecule has 1 aliphatic heterocycles. The molecule has 1 atom stereocenters. The number of aliphatic hydroxyl groups is 1. The first-order chi connectivity index (χ1) is 16.4. The molecule has 1 fully saturated rings. The van der Waals surface area contributed by atoms with E-state index < -0.39 is 17.7 Å². The summed E-state index contributed by atoms with van der Waals surface area (Å²) in [6.07, 6.45) is 1.47. The Morgan fingerprint density at radius 2 is 1.76 bits per heavy atom. The molecule has 0 aliphatic carbocycles. The Morgan fingerprint density at radius 1 is 1.00 bits per heavy atom. The lowest BCUT2D eigenvalue weighted by Gasteiger charge is -2.24. The Morgan fingerprint density at radius 3 is 2.41 bits per heavy atom. The van der Waals surface area contributed by atoms with Gasteiger partial charge in [0.15, 0.2) is 0 Å². The van der Waals surface area contributed by atoms with E-state index in [1.165, 1.54) is 11.2 Å². The summed E-state index contributed by atoms with van der Waals surface area (Å²) in [5, 5.41) is 11.4. The number of Topliss-reactive ketones (excluding diaryl/α,β-unsaturated/α-hetero) is 1. The third kappa shape index (κ3) is 4.05. The minimum absolute atomic E-state index is 0.0664. The molecule has 1 N–H and O–H groups in total. The minimum atomic E-state index is -0.932. The number of carbonyl (C=O) groups is 2. The molecule has 34 heavy (non-hydrogen) atoms. The molecule has 2 heterocycles. The van der Waals surface area contributed by atoms with Crippen molar-refractivity contribution in [3.05, 3.63) is 82.8 Å². The number of hydrogen-bond donors (Lipinski definition) is 1. The molecule has 7 nitrogen and oxygen atoms in total. The highest BCUT2D eigenvalue weighted by Gasteiger charge is 2.48. The molecule has 1 unspecified atom stereocenters. The summed E-state index contributed by atoms with van der Waals surface area (Å²) in [5.41, 5.74) is 2.80. The fourth-order valence-electron chi connectivity index (χ4n) is 4.07. The van der Waals surface area contributed by atoms with Gasteiger partial charge in [-0.3, -0.25) is 14.5 Å². The molecule has 0 radical (unpaired) electrons. The van der Waals surface area contributed by atoms with E-state index in [4.69, 9.17) is 13.9 Å². The zero-order valence-electron chi connectivity index (χ0n) is 19.6. The van der Waals surface area contributed by atoms with Crippen LogP contribution in [0.15, 0.2) is 64.8 Å². The molecule has 1 amide bonds. The fourth-order valence-corrected chi connectivity index (χ4v) is 4.07. The Labute approximate surface area is 198 Å². The minimum Gasteiger partial charge on any atom is -0.507 e. The molecule has 3 aromatic rings. The van der Waals surface area contributed by atoms with Crippen molar-refractivity contribution >= 4 is 23.1 Å². The number of anilines is 1. The summed E-state index contributed by atoms with van der Waals surface area (Å²) in [7, 11) is 0. The van der Waals surface area contributed by atoms with E-state index in [1.807, 2.05) is 39.8 Å². The van der Waals surface area contributed by atoms with Crippen LogP contribution in [0.1, 0.15) is 42.3 Å². The lowest BCUT2D eigenvalue weighted by molar-refractivity contribution is -0.132. The molecule has 0 bridgehead atoms. The summed E-state index contributed by atoms with van der Waals surface area (Å²) in [4.78, 5) is 27.9. The Kier molecular flexibility index (Phi) is 6.45. The second kappa shape index (κ2) is 9.47. The third-order valence-electron chi connectivity index (χ3n) is 5.84. The number of amides is 1. The summed E-state index contributed by atoms with van der Waals surface area (Å²) >= 11 is 0. The third-order valence-corrected chi connectivity index (χ3v) is 5.84. The highest BCUT2D eigenvalue weighted by atomic mass is 16.5. The van der Waals surface area contributed by atoms with Crippen LogP contribution in [0.25, 0.3) is 5.76 Å². The van der Waals surface area contributed by atoms with E-state index in [2.05, 4.69) is 0 Å². The highest BCUT2D eigenvalue weighted by Crippen LogP contribution is 2.44. The number of aryl methyl sites for hydroxylation is 2. The molecule has 4 rings (SSSR count). The SMILES string of the molecule is CCOc1ccc(/C(O)=C2/C(=O)C(=O)N(c3ccc(C)c(C)c3)C2c2ccco2)c(OCC)c1. The zero-order valence-corrected chi connectivity index (χ0v) is 19.6. The van der Waals surface area contributed by atoms with Crippen molar-refractivity contribution in [2.75, 3.05) is 18.1 Å². The van der Waals surface area contributed by atoms with Crippen LogP contribution in [0.2, 0.25) is 0 Å². The van der Waals surface area contributed by atoms with Crippen LogP contribution in [0.3, 0.4) is 0 Å². The van der Waals surface area contributed by atoms with Gasteiger partial charge in [0.2, 0.25) is 0 Å². The number of ketones is 1. The fraction of sp³-hybridized carbons (Fsp3) is 0.259. The molecule has 2 aromatic carbocycles. The summed E-state index contributed by atoms with van der Waals surface area (Å²) in [6.45, 7) is 8.40. The maximum absolute atomic E-state index is 13.3. The molecule has 0 spiro atoms. The van der Waals surface area contributed by atoms with Gasteiger partial charge >= 0.3 is 0 Å². The maximum Gasteiger partial charge on any atom is 0.300 e. The molecule has 0 saturated carbocycles. The van der Waals surface area contributed by atoms with Crippen molar-refractivity contribution in [2.24, 2.45) is 0 Å². The van der Waals surface area contributed by atoms with Gasteiger partial charge in [-0.1, -0.05) is 6.07 Å². The first kappa shape index (κ1) is 23.2. The summed E-state index contributed by atoms with van der Waals surface area (Å²) < 4.78 is 16.9. The van der Waals surface area contributed by atoms with Crippen molar-refractivity contribution in [2.45, 2.75) is 33.7 Å². The van der Waals surface area contributed by atoms with Gasteiger partial charge in [-0.25, -0.2) is 0 Å². The normalized spacial score (nSPS) is 17.3. The average Bonchev–Trinajstić information content (AvgIpc) is 3.43. The molecule has 176 valence electrons. The van der Waals surface area contributed by atoms with E-state index in [1.54, 1.807) is 36.4 Å². The van der Waals surface area contributed by atoms with Gasteiger partial charge in [0.25, 0.3) is 11.7 Å². The largest absolute Gasteiger partial charge is 0.507 e. The van der Waals surface area contributed by atoms with Crippen LogP contribution in [0, 0.1) is 13.8 Å². The number of ether oxygens (including phenoxy) is 2. The number of rotatable bonds is 7. The van der Waals surface area contributed by atoms with Crippen molar-refractivity contribution in [1.82, 2.24) is 0 Å². The van der Waals surface area contributed by atoms with E-state index in [0.717, 1.165) is 11.1 Å².